The minimum absolute atomic E-state index is 0.0735. The van der Waals surface area contributed by atoms with Crippen molar-refractivity contribution in [3.63, 3.8) is 0 Å². The first-order valence-electron chi connectivity index (χ1n) is 7.22. The summed E-state index contributed by atoms with van der Waals surface area (Å²) in [4.78, 5) is 18.7. The van der Waals surface area contributed by atoms with E-state index in [-0.39, 0.29) is 11.3 Å². The van der Waals surface area contributed by atoms with Gasteiger partial charge >= 0.3 is 0 Å². The van der Waals surface area contributed by atoms with Gasteiger partial charge in [-0.05, 0) is 30.3 Å². The Labute approximate surface area is 142 Å². The number of aromatic nitrogens is 1. The number of nitrogens with zero attached hydrogens (tertiary/aromatic N) is 2. The predicted molar refractivity (Wildman–Crippen MR) is 91.0 cm³/mol. The fraction of sp³-hybridized carbons (Fsp3) is 0.250. The lowest BCUT2D eigenvalue weighted by molar-refractivity contribution is 0.102. The number of pyridine rings is 1. The van der Waals surface area contributed by atoms with Gasteiger partial charge in [-0.2, -0.15) is 0 Å². The highest BCUT2D eigenvalue weighted by atomic mass is 79.9. The average molecular weight is 378 g/mol. The zero-order valence-corrected chi connectivity index (χ0v) is 13.9. The number of benzene rings is 1. The number of morpholine rings is 1. The Bertz CT molecular complexity index is 700. The van der Waals surface area contributed by atoms with E-state index in [0.29, 0.717) is 19.0 Å². The highest BCUT2D eigenvalue weighted by molar-refractivity contribution is 9.10. The van der Waals surface area contributed by atoms with Crippen LogP contribution < -0.4 is 10.2 Å². The first kappa shape index (κ1) is 15.8. The van der Waals surface area contributed by atoms with Gasteiger partial charge in [0.25, 0.3) is 5.91 Å². The zero-order valence-electron chi connectivity index (χ0n) is 12.3. The maximum absolute atomic E-state index is 12.2. The highest BCUT2D eigenvalue weighted by Gasteiger charge is 2.14. The van der Waals surface area contributed by atoms with Crippen molar-refractivity contribution >= 4 is 33.3 Å². The first-order valence-corrected chi connectivity index (χ1v) is 8.01. The maximum Gasteiger partial charge on any atom is 0.260 e. The number of anilines is 2. The van der Waals surface area contributed by atoms with E-state index in [1.165, 1.54) is 6.07 Å². The van der Waals surface area contributed by atoms with E-state index < -0.39 is 5.91 Å². The molecule has 23 heavy (non-hydrogen) atoms. The molecule has 1 saturated heterocycles. The van der Waals surface area contributed by atoms with Gasteiger partial charge in [-0.25, -0.2) is 4.98 Å². The minimum Gasteiger partial charge on any atom is -0.507 e. The Morgan fingerprint density at radius 3 is 2.74 bits per heavy atom. The van der Waals surface area contributed by atoms with Gasteiger partial charge in [0.05, 0.1) is 30.7 Å². The Hall–Kier alpha value is -2.12. The lowest BCUT2D eigenvalue weighted by Gasteiger charge is -2.28. The van der Waals surface area contributed by atoms with Gasteiger partial charge in [0, 0.05) is 17.6 Å². The standard InChI is InChI=1S/C16H16BrN3O3/c17-11-1-3-14(21)13(9-11)16(22)19-15-4-2-12(10-18-15)20-5-7-23-8-6-20/h1-4,9-10,21H,5-8H2,(H,18,19,22). The highest BCUT2D eigenvalue weighted by Crippen LogP contribution is 2.23. The third-order valence-electron chi connectivity index (χ3n) is 3.57. The molecule has 6 nitrogen and oxygen atoms in total. The summed E-state index contributed by atoms with van der Waals surface area (Å²) in [5, 5.41) is 12.5. The molecule has 2 aromatic rings. The Morgan fingerprint density at radius 2 is 2.04 bits per heavy atom. The summed E-state index contributed by atoms with van der Waals surface area (Å²) >= 11 is 3.28. The third kappa shape index (κ3) is 3.80. The quantitative estimate of drug-likeness (QED) is 0.859. The molecule has 3 rings (SSSR count). The van der Waals surface area contributed by atoms with Crippen LogP contribution in [0.2, 0.25) is 0 Å². The Balaban J connectivity index is 1.70. The fourth-order valence-electron chi connectivity index (χ4n) is 2.34. The number of carbonyl (C=O) groups is 1. The molecule has 0 aliphatic carbocycles. The molecule has 0 saturated carbocycles. The average Bonchev–Trinajstić information content (AvgIpc) is 2.58. The molecule has 1 aromatic heterocycles. The van der Waals surface area contributed by atoms with E-state index in [4.69, 9.17) is 4.74 Å². The van der Waals surface area contributed by atoms with Crippen LogP contribution in [0.25, 0.3) is 0 Å². The van der Waals surface area contributed by atoms with Crippen LogP contribution in [0.5, 0.6) is 5.75 Å². The lowest BCUT2D eigenvalue weighted by Crippen LogP contribution is -2.36. The molecule has 0 radical (unpaired) electrons. The second kappa shape index (κ2) is 6.97. The largest absolute Gasteiger partial charge is 0.507 e. The summed E-state index contributed by atoms with van der Waals surface area (Å²) in [5.41, 5.74) is 1.19. The molecule has 120 valence electrons. The van der Waals surface area contributed by atoms with Crippen LogP contribution in [0, 0.1) is 0 Å². The summed E-state index contributed by atoms with van der Waals surface area (Å²) in [7, 11) is 0. The van der Waals surface area contributed by atoms with Gasteiger partial charge in [-0.3, -0.25) is 4.79 Å². The molecular formula is C16H16BrN3O3. The van der Waals surface area contributed by atoms with Crippen LogP contribution in [-0.2, 0) is 4.74 Å². The van der Waals surface area contributed by atoms with Crippen molar-refractivity contribution < 1.29 is 14.6 Å². The van der Waals surface area contributed by atoms with Crippen molar-refractivity contribution in [2.24, 2.45) is 0 Å². The molecule has 1 aliphatic heterocycles. The summed E-state index contributed by atoms with van der Waals surface area (Å²) in [6, 6.07) is 8.36. The van der Waals surface area contributed by atoms with Gasteiger partial charge in [0.1, 0.15) is 11.6 Å². The van der Waals surface area contributed by atoms with Crippen LogP contribution in [0.1, 0.15) is 10.4 Å². The Kier molecular flexibility index (Phi) is 4.78. The van der Waals surface area contributed by atoms with Gasteiger partial charge < -0.3 is 20.1 Å². The predicted octanol–water partition coefficient (Wildman–Crippen LogP) is 2.64. The number of rotatable bonds is 3. The number of amides is 1. The molecule has 0 atom stereocenters. The molecule has 1 fully saturated rings. The molecule has 0 unspecified atom stereocenters. The van der Waals surface area contributed by atoms with E-state index in [1.54, 1.807) is 24.4 Å². The number of ether oxygens (including phenoxy) is 1. The van der Waals surface area contributed by atoms with Gasteiger partial charge in [0.2, 0.25) is 0 Å². The third-order valence-corrected chi connectivity index (χ3v) is 4.06. The Morgan fingerprint density at radius 1 is 1.26 bits per heavy atom. The van der Waals surface area contributed by atoms with Crippen molar-refractivity contribution in [1.29, 1.82) is 0 Å². The van der Waals surface area contributed by atoms with E-state index in [0.717, 1.165) is 23.2 Å². The maximum atomic E-state index is 12.2. The molecule has 1 aliphatic rings. The van der Waals surface area contributed by atoms with Crippen molar-refractivity contribution in [3.8, 4) is 5.75 Å². The van der Waals surface area contributed by atoms with Gasteiger partial charge in [0.15, 0.2) is 0 Å². The molecule has 1 aromatic carbocycles. The van der Waals surface area contributed by atoms with Gasteiger partial charge in [-0.1, -0.05) is 15.9 Å². The topological polar surface area (TPSA) is 74.7 Å². The molecule has 2 heterocycles. The van der Waals surface area contributed by atoms with E-state index in [9.17, 15) is 9.90 Å². The molecule has 7 heteroatoms. The molecule has 0 spiro atoms. The second-order valence-corrected chi connectivity index (χ2v) is 6.03. The van der Waals surface area contributed by atoms with Crippen molar-refractivity contribution in [3.05, 3.63) is 46.6 Å². The van der Waals surface area contributed by atoms with E-state index in [2.05, 4.69) is 31.1 Å². The molecule has 1 amide bonds. The number of phenolic OH excluding ortho intramolecular Hbond substituents is 1. The number of hydrogen-bond acceptors (Lipinski definition) is 5. The van der Waals surface area contributed by atoms with Crippen LogP contribution in [0.3, 0.4) is 0 Å². The number of carbonyl (C=O) groups excluding carboxylic acids is 1. The van der Waals surface area contributed by atoms with Crippen LogP contribution in [-0.4, -0.2) is 42.3 Å². The van der Waals surface area contributed by atoms with Crippen molar-refractivity contribution in [2.75, 3.05) is 36.5 Å². The van der Waals surface area contributed by atoms with E-state index in [1.807, 2.05) is 6.07 Å². The smallest absolute Gasteiger partial charge is 0.260 e. The summed E-state index contributed by atoms with van der Waals surface area (Å²) < 4.78 is 6.04. The van der Waals surface area contributed by atoms with Crippen LogP contribution >= 0.6 is 15.9 Å². The van der Waals surface area contributed by atoms with Crippen molar-refractivity contribution in [1.82, 2.24) is 4.98 Å². The number of phenols is 1. The second-order valence-electron chi connectivity index (χ2n) is 5.12. The first-order chi connectivity index (χ1) is 11.1. The lowest BCUT2D eigenvalue weighted by atomic mass is 10.2. The van der Waals surface area contributed by atoms with E-state index >= 15 is 0 Å². The number of aromatic hydroxyl groups is 1. The van der Waals surface area contributed by atoms with Gasteiger partial charge in [-0.15, -0.1) is 0 Å². The van der Waals surface area contributed by atoms with Crippen LogP contribution in [0.15, 0.2) is 41.0 Å². The number of hydrogen-bond donors (Lipinski definition) is 2. The van der Waals surface area contributed by atoms with Crippen LogP contribution in [0.4, 0.5) is 11.5 Å². The minimum atomic E-state index is -0.407. The normalized spacial score (nSPS) is 14.6. The molecular weight excluding hydrogens is 362 g/mol. The number of halogens is 1. The fourth-order valence-corrected chi connectivity index (χ4v) is 2.70. The SMILES string of the molecule is O=C(Nc1ccc(N2CCOCC2)cn1)c1cc(Br)ccc1O. The summed E-state index contributed by atoms with van der Waals surface area (Å²) in [6.45, 7) is 3.08. The van der Waals surface area contributed by atoms with Crippen molar-refractivity contribution in [2.45, 2.75) is 0 Å². The zero-order chi connectivity index (χ0) is 16.2. The molecule has 2 N–H and O–H groups in total. The molecule has 0 bridgehead atoms. The number of nitrogens with one attached hydrogen (secondary N) is 1. The summed E-state index contributed by atoms with van der Waals surface area (Å²) in [5.74, 6) is -0.0440. The monoisotopic (exact) mass is 377 g/mol. The summed E-state index contributed by atoms with van der Waals surface area (Å²) in [6.07, 6.45) is 1.72.